The summed E-state index contributed by atoms with van der Waals surface area (Å²) in [7, 11) is 1.78. The van der Waals surface area contributed by atoms with E-state index in [2.05, 4.69) is 26.0 Å². The van der Waals surface area contributed by atoms with Gasteiger partial charge >= 0.3 is 5.97 Å². The second-order valence-electron chi connectivity index (χ2n) is 5.68. The van der Waals surface area contributed by atoms with Gasteiger partial charge in [0.05, 0.1) is 24.6 Å². The van der Waals surface area contributed by atoms with Gasteiger partial charge in [0.25, 0.3) is 0 Å². The molecule has 1 aromatic heterocycles. The molecule has 0 spiro atoms. The second-order valence-corrected chi connectivity index (χ2v) is 6.59. The number of carboxylic acids is 1. The quantitative estimate of drug-likeness (QED) is 0.842. The van der Waals surface area contributed by atoms with Gasteiger partial charge in [-0.05, 0) is 25.2 Å². The van der Waals surface area contributed by atoms with Gasteiger partial charge in [-0.3, -0.25) is 9.69 Å². The van der Waals surface area contributed by atoms with E-state index >= 15 is 0 Å². The summed E-state index contributed by atoms with van der Waals surface area (Å²) in [5, 5.41) is 14.0. The molecular weight excluding hydrogens is 366 g/mol. The molecule has 0 aliphatic carbocycles. The lowest BCUT2D eigenvalue weighted by Gasteiger charge is -2.34. The van der Waals surface area contributed by atoms with E-state index in [9.17, 15) is 4.79 Å². The third-order valence-corrected chi connectivity index (χ3v) is 4.27. The minimum absolute atomic E-state index is 0.000300. The fourth-order valence-corrected chi connectivity index (χ4v) is 3.15. The van der Waals surface area contributed by atoms with Gasteiger partial charge in [-0.25, -0.2) is 0 Å². The van der Waals surface area contributed by atoms with E-state index in [0.29, 0.717) is 19.7 Å². The van der Waals surface area contributed by atoms with Crippen molar-refractivity contribution in [1.82, 2.24) is 10.1 Å². The van der Waals surface area contributed by atoms with Gasteiger partial charge in [0.15, 0.2) is 11.4 Å². The van der Waals surface area contributed by atoms with Crippen LogP contribution in [0.15, 0.2) is 27.2 Å². The largest absolute Gasteiger partial charge is 0.480 e. The van der Waals surface area contributed by atoms with Crippen molar-refractivity contribution < 1.29 is 19.2 Å². The molecule has 0 bridgehead atoms. The third kappa shape index (κ3) is 3.82. The van der Waals surface area contributed by atoms with Crippen molar-refractivity contribution in [1.29, 1.82) is 0 Å². The number of likely N-dealkylation sites (N-methyl/N-ethyl adjacent to an activating group) is 1. The molecule has 1 aliphatic rings. The Morgan fingerprint density at radius 3 is 3.17 bits per heavy atom. The van der Waals surface area contributed by atoms with E-state index in [4.69, 9.17) is 14.4 Å². The Bertz CT molecular complexity index is 705. The van der Waals surface area contributed by atoms with Crippen LogP contribution in [-0.2, 0) is 9.53 Å². The van der Waals surface area contributed by atoms with Gasteiger partial charge in [0.1, 0.15) is 0 Å². The van der Waals surface area contributed by atoms with E-state index in [1.54, 1.807) is 11.9 Å². The van der Waals surface area contributed by atoms with Crippen LogP contribution in [0.4, 0.5) is 5.82 Å². The molecule has 23 heavy (non-hydrogen) atoms. The van der Waals surface area contributed by atoms with Crippen LogP contribution in [0.5, 0.6) is 0 Å². The molecule has 2 aromatic rings. The van der Waals surface area contributed by atoms with E-state index in [-0.39, 0.29) is 12.6 Å². The highest BCUT2D eigenvalue weighted by Gasteiger charge is 2.25. The summed E-state index contributed by atoms with van der Waals surface area (Å²) in [6, 6.07) is 5.79. The van der Waals surface area contributed by atoms with E-state index in [0.717, 1.165) is 27.8 Å². The number of hydrogen-bond acceptors (Lipinski definition) is 6. The fraction of sp³-hybridized carbons (Fsp3) is 0.467. The molecule has 0 amide bonds. The minimum atomic E-state index is -0.840. The van der Waals surface area contributed by atoms with E-state index in [1.807, 2.05) is 18.2 Å². The van der Waals surface area contributed by atoms with Gasteiger partial charge < -0.3 is 19.3 Å². The number of fused-ring (bicyclic) bond motifs is 1. The van der Waals surface area contributed by atoms with Crippen molar-refractivity contribution in [2.24, 2.45) is 0 Å². The molecule has 0 saturated carbocycles. The number of halogens is 1. The second kappa shape index (κ2) is 6.86. The van der Waals surface area contributed by atoms with Crippen molar-refractivity contribution >= 4 is 38.7 Å². The zero-order valence-electron chi connectivity index (χ0n) is 12.7. The average molecular weight is 384 g/mol. The minimum Gasteiger partial charge on any atom is -0.480 e. The van der Waals surface area contributed by atoms with Gasteiger partial charge in [-0.15, -0.1) is 0 Å². The van der Waals surface area contributed by atoms with Crippen molar-refractivity contribution in [2.45, 2.75) is 6.10 Å². The maximum Gasteiger partial charge on any atom is 0.317 e. The normalized spacial score (nSPS) is 18.7. The van der Waals surface area contributed by atoms with E-state index in [1.165, 1.54) is 0 Å². The zero-order chi connectivity index (χ0) is 16.4. The molecule has 1 fully saturated rings. The van der Waals surface area contributed by atoms with Crippen LogP contribution >= 0.6 is 15.9 Å². The number of morpholine rings is 1. The molecule has 1 atom stereocenters. The van der Waals surface area contributed by atoms with Crippen molar-refractivity contribution in [3.63, 3.8) is 0 Å². The Hall–Kier alpha value is -1.64. The Morgan fingerprint density at radius 2 is 2.39 bits per heavy atom. The number of anilines is 1. The number of aliphatic carboxylic acids is 1. The topological polar surface area (TPSA) is 79.0 Å². The summed E-state index contributed by atoms with van der Waals surface area (Å²) in [6.07, 6.45) is -0.0630. The summed E-state index contributed by atoms with van der Waals surface area (Å²) in [5.41, 5.74) is 0.745. The number of carbonyl (C=O) groups is 1. The maximum absolute atomic E-state index is 10.8. The van der Waals surface area contributed by atoms with Crippen molar-refractivity contribution in [3.8, 4) is 0 Å². The molecule has 0 radical (unpaired) electrons. The first-order valence-electron chi connectivity index (χ1n) is 7.35. The smallest absolute Gasteiger partial charge is 0.317 e. The van der Waals surface area contributed by atoms with Gasteiger partial charge in [0.2, 0.25) is 0 Å². The van der Waals surface area contributed by atoms with Crippen LogP contribution in [0.3, 0.4) is 0 Å². The summed E-state index contributed by atoms with van der Waals surface area (Å²) in [4.78, 5) is 14.6. The Balaban J connectivity index is 1.72. The molecule has 1 aliphatic heterocycles. The van der Waals surface area contributed by atoms with Gasteiger partial charge in [-0.1, -0.05) is 21.1 Å². The molecule has 1 aromatic carbocycles. The van der Waals surface area contributed by atoms with Crippen molar-refractivity contribution in [3.05, 3.63) is 22.7 Å². The zero-order valence-corrected chi connectivity index (χ0v) is 14.3. The number of ether oxygens (including phenoxy) is 1. The summed E-state index contributed by atoms with van der Waals surface area (Å²) < 4.78 is 12.1. The van der Waals surface area contributed by atoms with Gasteiger partial charge in [0, 0.05) is 24.1 Å². The fourth-order valence-electron chi connectivity index (χ4n) is 2.79. The van der Waals surface area contributed by atoms with Crippen LogP contribution in [0.2, 0.25) is 0 Å². The number of carboxylic acid groups (broad SMARTS) is 1. The molecule has 1 N–H and O–H groups in total. The van der Waals surface area contributed by atoms with Crippen LogP contribution in [-0.4, -0.2) is 67.1 Å². The Morgan fingerprint density at radius 1 is 1.57 bits per heavy atom. The van der Waals surface area contributed by atoms with Crippen molar-refractivity contribution in [2.75, 3.05) is 44.7 Å². The molecule has 7 nitrogen and oxygen atoms in total. The number of aromatic nitrogens is 1. The third-order valence-electron chi connectivity index (χ3n) is 3.77. The highest BCUT2D eigenvalue weighted by molar-refractivity contribution is 9.10. The van der Waals surface area contributed by atoms with Crippen LogP contribution in [0.25, 0.3) is 11.0 Å². The van der Waals surface area contributed by atoms with Crippen LogP contribution in [0, 0.1) is 0 Å². The number of rotatable bonds is 5. The maximum atomic E-state index is 10.8. The number of benzene rings is 1. The molecule has 2 heterocycles. The monoisotopic (exact) mass is 383 g/mol. The molecular formula is C15H18BrN3O4. The van der Waals surface area contributed by atoms with Gasteiger partial charge in [-0.2, -0.15) is 0 Å². The Kier molecular flexibility index (Phi) is 4.84. The molecule has 1 unspecified atom stereocenters. The number of nitrogens with zero attached hydrogens (tertiary/aromatic N) is 3. The first-order valence-corrected chi connectivity index (χ1v) is 8.14. The first-order chi connectivity index (χ1) is 11.0. The highest BCUT2D eigenvalue weighted by atomic mass is 79.9. The SMILES string of the molecule is CN(CC(=O)O)CC1CN(c2noc3ccc(Br)cc23)CCO1. The molecule has 8 heteroatoms. The van der Waals surface area contributed by atoms with Crippen LogP contribution in [0.1, 0.15) is 0 Å². The average Bonchev–Trinajstić information content (AvgIpc) is 2.89. The number of hydrogen-bond donors (Lipinski definition) is 1. The predicted molar refractivity (Wildman–Crippen MR) is 88.8 cm³/mol. The van der Waals surface area contributed by atoms with E-state index < -0.39 is 5.97 Å². The standard InChI is InChI=1S/C15H18BrN3O4/c1-18(9-14(20)21)7-11-8-19(4-5-22-11)15-12-6-10(16)2-3-13(12)23-17-15/h2-3,6,11H,4-5,7-9H2,1H3,(H,20,21). The summed E-state index contributed by atoms with van der Waals surface area (Å²) in [6.45, 7) is 2.52. The molecule has 3 rings (SSSR count). The Labute approximate surface area is 141 Å². The summed E-state index contributed by atoms with van der Waals surface area (Å²) >= 11 is 3.47. The lowest BCUT2D eigenvalue weighted by atomic mass is 10.2. The summed E-state index contributed by atoms with van der Waals surface area (Å²) in [5.74, 6) is -0.0389. The molecule has 124 valence electrons. The highest BCUT2D eigenvalue weighted by Crippen LogP contribution is 2.29. The molecule has 1 saturated heterocycles. The van der Waals surface area contributed by atoms with Crippen LogP contribution < -0.4 is 4.90 Å². The first kappa shape index (κ1) is 16.2. The predicted octanol–water partition coefficient (Wildman–Crippen LogP) is 1.81. The lowest BCUT2D eigenvalue weighted by molar-refractivity contribution is -0.138. The lowest BCUT2D eigenvalue weighted by Crippen LogP contribution is -2.47.